The number of carboxylic acid groups (broad SMARTS) is 1. The van der Waals surface area contributed by atoms with Crippen LogP contribution in [0.4, 0.5) is 0 Å². The van der Waals surface area contributed by atoms with Crippen LogP contribution in [0.3, 0.4) is 0 Å². The van der Waals surface area contributed by atoms with Crippen molar-refractivity contribution in [1.29, 1.82) is 0 Å². The van der Waals surface area contributed by atoms with E-state index in [9.17, 15) is 45.0 Å². The summed E-state index contributed by atoms with van der Waals surface area (Å²) >= 11 is 0. The molecule has 6 fully saturated rings. The highest BCUT2D eigenvalue weighted by Crippen LogP contribution is 2.76. The van der Waals surface area contributed by atoms with E-state index in [0.29, 0.717) is 25.2 Å². The van der Waals surface area contributed by atoms with E-state index in [0.717, 1.165) is 52.1 Å². The number of fused-ring (bicyclic) bond motifs is 7. The minimum absolute atomic E-state index is 0.00237. The summed E-state index contributed by atoms with van der Waals surface area (Å²) in [5.41, 5.74) is -0.228. The number of methoxy groups -OCH3 is 1. The number of carbonyl (C=O) groups is 3. The molecule has 18 atom stereocenters. The summed E-state index contributed by atoms with van der Waals surface area (Å²) in [5, 5.41) is 73.8. The smallest absolute Gasteiger partial charge is 0.373 e. The van der Waals surface area contributed by atoms with E-state index in [1.165, 1.54) is 5.57 Å². The van der Waals surface area contributed by atoms with Gasteiger partial charge in [-0.3, -0.25) is 9.68 Å². The standard InChI is InChI=1S/C43H66O16/c1-38(2)15-17-43(37(51)52)18-16-41(6)20(21(43)19-38)9-10-23-40(5)13-12-24(39(3,4)22(40)11-14-42(23,41)7)55-36-32(28(47)27(46)30(57-36)33(49)54-8)58-35-29(48)25(44)26(45)31(56-35)34(50)59-53/h9,21-32,35-36,44-48,53H,10-19H2,1-8H3,(H,51,52)/t21-,22-,23+,24-,25-,26-,27-,28-,29+,30-,31-,32+,35-,36-,40-,41+,42+,43-/m0/s1. The molecule has 2 heterocycles. The third-order valence-electron chi connectivity index (χ3n) is 17.5. The summed E-state index contributed by atoms with van der Waals surface area (Å²) in [4.78, 5) is 41.7. The van der Waals surface area contributed by atoms with Crippen molar-refractivity contribution in [2.24, 2.45) is 50.2 Å². The normalized spacial score (nSPS) is 50.1. The van der Waals surface area contributed by atoms with Crippen molar-refractivity contribution in [3.05, 3.63) is 11.6 Å². The topological polar surface area (TPSA) is 248 Å². The second-order valence-corrected chi connectivity index (χ2v) is 21.0. The van der Waals surface area contributed by atoms with E-state index in [2.05, 4.69) is 59.4 Å². The Bertz CT molecular complexity index is 1680. The van der Waals surface area contributed by atoms with Crippen LogP contribution >= 0.6 is 0 Å². The predicted molar refractivity (Wildman–Crippen MR) is 205 cm³/mol. The van der Waals surface area contributed by atoms with Crippen molar-refractivity contribution in [3.8, 4) is 0 Å². The Kier molecular flexibility index (Phi) is 11.6. The van der Waals surface area contributed by atoms with E-state index in [1.54, 1.807) is 0 Å². The number of aliphatic hydroxyl groups is 5. The van der Waals surface area contributed by atoms with Gasteiger partial charge < -0.3 is 54.3 Å². The second-order valence-electron chi connectivity index (χ2n) is 21.0. The van der Waals surface area contributed by atoms with E-state index in [1.807, 2.05) is 0 Å². The first-order valence-corrected chi connectivity index (χ1v) is 21.3. The Morgan fingerprint density at radius 1 is 0.712 bits per heavy atom. The molecule has 7 N–H and O–H groups in total. The monoisotopic (exact) mass is 838 g/mol. The van der Waals surface area contributed by atoms with E-state index < -0.39 is 96.3 Å². The van der Waals surface area contributed by atoms with Gasteiger partial charge in [-0.15, -0.1) is 0 Å². The molecule has 16 heteroatoms. The summed E-state index contributed by atoms with van der Waals surface area (Å²) in [6.07, 6.45) is -8.84. The van der Waals surface area contributed by atoms with Gasteiger partial charge in [0, 0.05) is 0 Å². The van der Waals surface area contributed by atoms with Crippen LogP contribution in [0.1, 0.15) is 113 Å². The number of carboxylic acids is 1. The van der Waals surface area contributed by atoms with Crippen molar-refractivity contribution >= 4 is 17.9 Å². The van der Waals surface area contributed by atoms with Gasteiger partial charge in [-0.2, -0.15) is 5.26 Å². The molecule has 16 nitrogen and oxygen atoms in total. The van der Waals surface area contributed by atoms with Gasteiger partial charge in [0.15, 0.2) is 24.8 Å². The highest BCUT2D eigenvalue weighted by molar-refractivity contribution is 5.77. The molecular formula is C43H66O16. The number of rotatable bonds is 7. The molecule has 0 aromatic carbocycles. The summed E-state index contributed by atoms with van der Waals surface area (Å²) in [6.45, 7) is 16.1. The third kappa shape index (κ3) is 6.73. The van der Waals surface area contributed by atoms with Gasteiger partial charge in [0.2, 0.25) is 0 Å². The van der Waals surface area contributed by atoms with Crippen LogP contribution in [0, 0.1) is 50.2 Å². The van der Waals surface area contributed by atoms with Gasteiger partial charge in [-0.1, -0.05) is 60.1 Å². The van der Waals surface area contributed by atoms with Crippen LogP contribution in [0.2, 0.25) is 0 Å². The number of aliphatic hydroxyl groups excluding tert-OH is 5. The van der Waals surface area contributed by atoms with Crippen LogP contribution in [-0.4, -0.2) is 128 Å². The third-order valence-corrected chi connectivity index (χ3v) is 17.5. The molecule has 7 rings (SSSR count). The van der Waals surface area contributed by atoms with Gasteiger partial charge in [-0.05, 0) is 109 Å². The van der Waals surface area contributed by atoms with Gasteiger partial charge in [0.1, 0.15) is 36.6 Å². The summed E-state index contributed by atoms with van der Waals surface area (Å²) in [6, 6.07) is 0. The average molecular weight is 839 g/mol. The van der Waals surface area contributed by atoms with Crippen LogP contribution in [-0.2, 0) is 43.0 Å². The summed E-state index contributed by atoms with van der Waals surface area (Å²) in [7, 11) is 1.10. The first-order chi connectivity index (χ1) is 27.4. The van der Waals surface area contributed by atoms with Crippen LogP contribution in [0.25, 0.3) is 0 Å². The lowest BCUT2D eigenvalue weighted by atomic mass is 9.33. The zero-order valence-corrected chi connectivity index (χ0v) is 35.5. The molecule has 0 amide bonds. The fourth-order valence-corrected chi connectivity index (χ4v) is 13.8. The first kappa shape index (κ1) is 44.8. The Hall–Kier alpha value is -2.25. The van der Waals surface area contributed by atoms with Crippen molar-refractivity contribution in [2.45, 2.75) is 180 Å². The number of allylic oxidation sites excluding steroid dienone is 2. The lowest BCUT2D eigenvalue weighted by molar-refractivity contribution is -0.374. The van der Waals surface area contributed by atoms with Crippen molar-refractivity contribution in [1.82, 2.24) is 0 Å². The minimum atomic E-state index is -2.02. The first-order valence-electron chi connectivity index (χ1n) is 21.3. The van der Waals surface area contributed by atoms with Gasteiger partial charge >= 0.3 is 17.9 Å². The van der Waals surface area contributed by atoms with E-state index >= 15 is 0 Å². The molecule has 0 aromatic rings. The van der Waals surface area contributed by atoms with E-state index in [4.69, 9.17) is 28.9 Å². The van der Waals surface area contributed by atoms with Crippen LogP contribution in [0.15, 0.2) is 11.6 Å². The molecule has 0 spiro atoms. The molecule has 0 radical (unpaired) electrons. The van der Waals surface area contributed by atoms with E-state index in [-0.39, 0.29) is 33.5 Å². The molecule has 5 aliphatic carbocycles. The fourth-order valence-electron chi connectivity index (χ4n) is 13.8. The molecular weight excluding hydrogens is 772 g/mol. The molecule has 0 unspecified atom stereocenters. The van der Waals surface area contributed by atoms with Crippen molar-refractivity contribution < 1.29 is 78.9 Å². The van der Waals surface area contributed by atoms with Crippen molar-refractivity contribution in [3.63, 3.8) is 0 Å². The fraction of sp³-hybridized carbons (Fsp3) is 0.884. The lowest BCUT2D eigenvalue weighted by Gasteiger charge is -2.71. The number of hydrogen-bond acceptors (Lipinski definition) is 15. The summed E-state index contributed by atoms with van der Waals surface area (Å²) < 4.78 is 28.9. The maximum Gasteiger partial charge on any atom is 0.373 e. The Morgan fingerprint density at radius 2 is 1.34 bits per heavy atom. The largest absolute Gasteiger partial charge is 0.481 e. The molecule has 7 aliphatic rings. The minimum Gasteiger partial charge on any atom is -0.481 e. The van der Waals surface area contributed by atoms with Gasteiger partial charge in [0.05, 0.1) is 18.6 Å². The Morgan fingerprint density at radius 3 is 1.98 bits per heavy atom. The van der Waals surface area contributed by atoms with Crippen LogP contribution < -0.4 is 0 Å². The quantitative estimate of drug-likeness (QED) is 0.0640. The molecule has 4 saturated carbocycles. The highest BCUT2D eigenvalue weighted by Gasteiger charge is 2.70. The maximum atomic E-state index is 13.1. The molecule has 0 aromatic heterocycles. The van der Waals surface area contributed by atoms with Gasteiger partial charge in [0.25, 0.3) is 0 Å². The highest BCUT2D eigenvalue weighted by atomic mass is 17.1. The zero-order chi connectivity index (χ0) is 43.4. The number of aliphatic carboxylic acids is 1. The number of carbonyl (C=O) groups excluding carboxylic acids is 2. The molecule has 334 valence electrons. The molecule has 59 heavy (non-hydrogen) atoms. The zero-order valence-electron chi connectivity index (χ0n) is 35.5. The predicted octanol–water partition coefficient (Wildman–Crippen LogP) is 3.09. The Labute approximate surface area is 345 Å². The molecule has 2 saturated heterocycles. The number of hydrogen-bond donors (Lipinski definition) is 7. The van der Waals surface area contributed by atoms with Crippen molar-refractivity contribution in [2.75, 3.05) is 7.11 Å². The van der Waals surface area contributed by atoms with Crippen LogP contribution in [0.5, 0.6) is 0 Å². The second kappa shape index (κ2) is 15.2. The summed E-state index contributed by atoms with van der Waals surface area (Å²) in [5.74, 6) is -2.69. The van der Waals surface area contributed by atoms with Gasteiger partial charge in [-0.25, -0.2) is 9.59 Å². The number of ether oxygens (including phenoxy) is 5. The SMILES string of the molecule is COC(=O)[C@H]1O[C@H](O[C@H]2CC[C@]3(C)[C@H]4CC=C5[C@@H]6CC(C)(C)CC[C@]6(C(=O)O)CC[C@@]5(C)[C@]4(C)CC[C@H]3C2(C)C)[C@H](O[C@@H]2O[C@H](C(=O)OO)[C@@H](O)[C@H](O)[C@H]2O)[C@@H](O)[C@@H]1O. The number of esters is 1. The Balaban J connectivity index is 1.16. The average Bonchev–Trinajstić information content (AvgIpc) is 3.17. The molecule has 2 aliphatic heterocycles. The molecule has 0 bridgehead atoms. The maximum absolute atomic E-state index is 13.1. The lowest BCUT2D eigenvalue weighted by Crippen LogP contribution is -2.67.